The van der Waals surface area contributed by atoms with Gasteiger partial charge in [0.2, 0.25) is 5.91 Å². The molecule has 2 aliphatic rings. The molecule has 9 nitrogen and oxygen atoms in total. The first-order chi connectivity index (χ1) is 15.4. The SMILES string of the molecule is CC(=O)N1CC(Nc2cc(C(=O)NC[C@H](O)CN3CCc4ccccc4C3)nc(C)n2)C1. The maximum atomic E-state index is 12.6. The molecule has 3 N–H and O–H groups in total. The van der Waals surface area contributed by atoms with Crippen LogP contribution in [0.25, 0.3) is 0 Å². The van der Waals surface area contributed by atoms with Gasteiger partial charge in [-0.15, -0.1) is 0 Å². The molecule has 2 aromatic rings. The molecule has 0 unspecified atom stereocenters. The van der Waals surface area contributed by atoms with E-state index in [1.165, 1.54) is 11.1 Å². The molecule has 0 bridgehead atoms. The van der Waals surface area contributed by atoms with Crippen molar-refractivity contribution in [3.8, 4) is 0 Å². The van der Waals surface area contributed by atoms with Crippen molar-refractivity contribution in [1.82, 2.24) is 25.1 Å². The summed E-state index contributed by atoms with van der Waals surface area (Å²) in [6.45, 7) is 6.87. The summed E-state index contributed by atoms with van der Waals surface area (Å²) in [5.41, 5.74) is 2.91. The van der Waals surface area contributed by atoms with Crippen molar-refractivity contribution < 1.29 is 14.7 Å². The van der Waals surface area contributed by atoms with Crippen LogP contribution < -0.4 is 10.6 Å². The van der Waals surface area contributed by atoms with Gasteiger partial charge in [-0.05, 0) is 24.5 Å². The topological polar surface area (TPSA) is 111 Å². The van der Waals surface area contributed by atoms with Crippen molar-refractivity contribution in [2.24, 2.45) is 0 Å². The molecule has 0 aliphatic carbocycles. The number of hydrogen-bond acceptors (Lipinski definition) is 7. The number of nitrogens with zero attached hydrogens (tertiary/aromatic N) is 4. The number of fused-ring (bicyclic) bond motifs is 1. The molecule has 2 amide bonds. The van der Waals surface area contributed by atoms with Crippen molar-refractivity contribution in [2.75, 3.05) is 38.0 Å². The highest BCUT2D eigenvalue weighted by atomic mass is 16.3. The zero-order valence-corrected chi connectivity index (χ0v) is 18.5. The molecule has 9 heteroatoms. The van der Waals surface area contributed by atoms with Gasteiger partial charge in [0.05, 0.1) is 12.1 Å². The van der Waals surface area contributed by atoms with Gasteiger partial charge >= 0.3 is 0 Å². The number of amides is 2. The predicted molar refractivity (Wildman–Crippen MR) is 120 cm³/mol. The molecule has 1 aromatic carbocycles. The minimum Gasteiger partial charge on any atom is -0.390 e. The zero-order chi connectivity index (χ0) is 22.7. The van der Waals surface area contributed by atoms with E-state index in [9.17, 15) is 14.7 Å². The molecule has 1 fully saturated rings. The van der Waals surface area contributed by atoms with E-state index in [-0.39, 0.29) is 30.1 Å². The van der Waals surface area contributed by atoms with Crippen LogP contribution >= 0.6 is 0 Å². The molecule has 2 aliphatic heterocycles. The van der Waals surface area contributed by atoms with E-state index in [0.29, 0.717) is 31.3 Å². The second kappa shape index (κ2) is 9.62. The molecule has 1 aromatic heterocycles. The maximum Gasteiger partial charge on any atom is 0.270 e. The van der Waals surface area contributed by atoms with Gasteiger partial charge < -0.3 is 20.6 Å². The Morgan fingerprint density at radius 2 is 1.97 bits per heavy atom. The highest BCUT2D eigenvalue weighted by Gasteiger charge is 2.29. The predicted octanol–water partition coefficient (Wildman–Crippen LogP) is 0.577. The molecule has 32 heavy (non-hydrogen) atoms. The number of carbonyl (C=O) groups excluding carboxylic acids is 2. The highest BCUT2D eigenvalue weighted by Crippen LogP contribution is 2.18. The van der Waals surface area contributed by atoms with Crippen molar-refractivity contribution in [2.45, 2.75) is 39.0 Å². The van der Waals surface area contributed by atoms with Crippen molar-refractivity contribution in [3.63, 3.8) is 0 Å². The van der Waals surface area contributed by atoms with Gasteiger partial charge in [0.25, 0.3) is 5.91 Å². The molecule has 1 atom stereocenters. The number of nitrogens with one attached hydrogen (secondary N) is 2. The molecule has 0 saturated carbocycles. The second-order valence-corrected chi connectivity index (χ2v) is 8.57. The summed E-state index contributed by atoms with van der Waals surface area (Å²) in [5, 5.41) is 16.5. The van der Waals surface area contributed by atoms with Crippen molar-refractivity contribution in [3.05, 3.63) is 53.0 Å². The Bertz CT molecular complexity index is 991. The Kier molecular flexibility index (Phi) is 6.66. The van der Waals surface area contributed by atoms with Gasteiger partial charge in [0.15, 0.2) is 0 Å². The van der Waals surface area contributed by atoms with Gasteiger partial charge in [0, 0.05) is 52.3 Å². The number of hydrogen-bond donors (Lipinski definition) is 3. The van der Waals surface area contributed by atoms with Crippen LogP contribution in [-0.4, -0.2) is 81.6 Å². The number of aromatic nitrogens is 2. The Morgan fingerprint density at radius 3 is 2.72 bits per heavy atom. The monoisotopic (exact) mass is 438 g/mol. The lowest BCUT2D eigenvalue weighted by molar-refractivity contribution is -0.132. The molecular formula is C23H30N6O3. The number of aryl methyl sites for hydroxylation is 1. The van der Waals surface area contributed by atoms with Crippen LogP contribution in [0.15, 0.2) is 30.3 Å². The summed E-state index contributed by atoms with van der Waals surface area (Å²) in [5.74, 6) is 0.744. The van der Waals surface area contributed by atoms with Crippen LogP contribution in [0.4, 0.5) is 5.82 Å². The zero-order valence-electron chi connectivity index (χ0n) is 18.5. The highest BCUT2D eigenvalue weighted by molar-refractivity contribution is 5.93. The van der Waals surface area contributed by atoms with E-state index < -0.39 is 6.10 Å². The average Bonchev–Trinajstić information content (AvgIpc) is 2.73. The number of carbonyl (C=O) groups is 2. The van der Waals surface area contributed by atoms with Gasteiger partial charge in [-0.2, -0.15) is 0 Å². The Morgan fingerprint density at radius 1 is 1.22 bits per heavy atom. The molecule has 3 heterocycles. The van der Waals surface area contributed by atoms with Gasteiger partial charge in [-0.25, -0.2) is 9.97 Å². The van der Waals surface area contributed by atoms with Gasteiger partial charge in [0.1, 0.15) is 17.3 Å². The fourth-order valence-electron chi connectivity index (χ4n) is 4.17. The minimum atomic E-state index is -0.669. The molecule has 0 spiro atoms. The fraction of sp³-hybridized carbons (Fsp3) is 0.478. The number of β-amino-alcohol motifs (C(OH)–C–C–N with tert-alkyl or cyclic N) is 1. The molecule has 4 rings (SSSR count). The number of aliphatic hydroxyl groups is 1. The third-order valence-corrected chi connectivity index (χ3v) is 5.93. The lowest BCUT2D eigenvalue weighted by Crippen LogP contribution is -2.56. The van der Waals surface area contributed by atoms with E-state index in [1.54, 1.807) is 24.8 Å². The first kappa shape index (κ1) is 22.2. The first-order valence-corrected chi connectivity index (χ1v) is 11.0. The van der Waals surface area contributed by atoms with Crippen LogP contribution in [0.1, 0.15) is 34.4 Å². The maximum absolute atomic E-state index is 12.6. The summed E-state index contributed by atoms with van der Waals surface area (Å²) >= 11 is 0. The number of likely N-dealkylation sites (tertiary alicyclic amines) is 1. The fourth-order valence-corrected chi connectivity index (χ4v) is 4.17. The van der Waals surface area contributed by atoms with Crippen molar-refractivity contribution >= 4 is 17.6 Å². The Hall–Kier alpha value is -3.04. The Labute approximate surface area is 187 Å². The third kappa shape index (κ3) is 5.41. The minimum absolute atomic E-state index is 0.0503. The quantitative estimate of drug-likeness (QED) is 0.580. The van der Waals surface area contributed by atoms with E-state index in [4.69, 9.17) is 0 Å². The number of anilines is 1. The third-order valence-electron chi connectivity index (χ3n) is 5.93. The van der Waals surface area contributed by atoms with Gasteiger partial charge in [-0.1, -0.05) is 24.3 Å². The standard InChI is InChI=1S/C23H30N6O3/c1-15-25-21(9-22(26-15)27-19-12-29(13-19)16(2)30)23(32)24-10-20(31)14-28-8-7-17-5-3-4-6-18(17)11-28/h3-6,9,19-20,31H,7-8,10-14H2,1-2H3,(H,24,32)(H,25,26,27)/t20-/m0/s1. The molecule has 1 saturated heterocycles. The van der Waals surface area contributed by atoms with E-state index in [0.717, 1.165) is 19.5 Å². The van der Waals surface area contributed by atoms with E-state index in [1.807, 2.05) is 6.07 Å². The van der Waals surface area contributed by atoms with Crippen LogP contribution in [0.2, 0.25) is 0 Å². The summed E-state index contributed by atoms with van der Waals surface area (Å²) < 4.78 is 0. The summed E-state index contributed by atoms with van der Waals surface area (Å²) in [6.07, 6.45) is 0.299. The van der Waals surface area contributed by atoms with Crippen LogP contribution in [0.3, 0.4) is 0 Å². The molecule has 170 valence electrons. The van der Waals surface area contributed by atoms with Crippen molar-refractivity contribution in [1.29, 1.82) is 0 Å². The molecule has 0 radical (unpaired) electrons. The average molecular weight is 439 g/mol. The van der Waals surface area contributed by atoms with Crippen LogP contribution in [0, 0.1) is 6.92 Å². The van der Waals surface area contributed by atoms with Gasteiger partial charge in [-0.3, -0.25) is 14.5 Å². The number of rotatable bonds is 7. The Balaban J connectivity index is 1.26. The number of benzene rings is 1. The normalized spacial score (nSPS) is 17.3. The second-order valence-electron chi connectivity index (χ2n) is 8.57. The first-order valence-electron chi connectivity index (χ1n) is 11.0. The summed E-state index contributed by atoms with van der Waals surface area (Å²) in [7, 11) is 0. The lowest BCUT2D eigenvalue weighted by Gasteiger charge is -2.39. The van der Waals surface area contributed by atoms with E-state index >= 15 is 0 Å². The summed E-state index contributed by atoms with van der Waals surface area (Å²) in [4.78, 5) is 36.4. The largest absolute Gasteiger partial charge is 0.390 e. The van der Waals surface area contributed by atoms with Crippen LogP contribution in [-0.2, 0) is 17.8 Å². The number of aliphatic hydroxyl groups excluding tert-OH is 1. The van der Waals surface area contributed by atoms with Crippen LogP contribution in [0.5, 0.6) is 0 Å². The molecular weight excluding hydrogens is 408 g/mol. The van der Waals surface area contributed by atoms with E-state index in [2.05, 4.69) is 43.7 Å². The summed E-state index contributed by atoms with van der Waals surface area (Å²) in [6, 6.07) is 10.1. The lowest BCUT2D eigenvalue weighted by atomic mass is 10.00. The smallest absolute Gasteiger partial charge is 0.270 e.